The molecule has 0 unspecified atom stereocenters. The van der Waals surface area contributed by atoms with Gasteiger partial charge in [0.25, 0.3) is 0 Å². The molecule has 0 amide bonds. The summed E-state index contributed by atoms with van der Waals surface area (Å²) in [5.74, 6) is 3.28. The zero-order valence-electron chi connectivity index (χ0n) is 25.1. The maximum absolute atomic E-state index is 5.53. The lowest BCUT2D eigenvalue weighted by molar-refractivity contribution is 0.405. The summed E-state index contributed by atoms with van der Waals surface area (Å²) in [4.78, 5) is 7.93. The first-order valence-electron chi connectivity index (χ1n) is 14.3. The zero-order chi connectivity index (χ0) is 29.2. The van der Waals surface area contributed by atoms with Gasteiger partial charge in [0.05, 0.1) is 19.9 Å². The van der Waals surface area contributed by atoms with Gasteiger partial charge in [0.1, 0.15) is 11.5 Å². The van der Waals surface area contributed by atoms with Crippen LogP contribution in [0.2, 0.25) is 0 Å². The minimum atomic E-state index is 0.365. The van der Waals surface area contributed by atoms with Crippen LogP contribution in [0, 0.1) is 0 Å². The lowest BCUT2D eigenvalue weighted by atomic mass is 9.93. The molecule has 0 saturated carbocycles. The number of methoxy groups -OCH3 is 2. The normalized spacial score (nSPS) is 11.7. The van der Waals surface area contributed by atoms with Gasteiger partial charge in [0, 0.05) is 18.8 Å². The Kier molecular flexibility index (Phi) is 10.9. The van der Waals surface area contributed by atoms with Gasteiger partial charge in [-0.05, 0) is 63.9 Å². The van der Waals surface area contributed by atoms with E-state index in [1.807, 2.05) is 24.3 Å². The molecule has 0 radical (unpaired) electrons. The minimum absolute atomic E-state index is 0.365. The van der Waals surface area contributed by atoms with Gasteiger partial charge >= 0.3 is 0 Å². The second-order valence-electron chi connectivity index (χ2n) is 10.8. The van der Waals surface area contributed by atoms with E-state index in [1.165, 1.54) is 27.8 Å². The van der Waals surface area contributed by atoms with Crippen LogP contribution < -0.4 is 9.47 Å². The van der Waals surface area contributed by atoms with E-state index in [4.69, 9.17) is 14.5 Å². The Morgan fingerprint density at radius 1 is 0.634 bits per heavy atom. The van der Waals surface area contributed by atoms with Crippen molar-refractivity contribution >= 4 is 22.6 Å². The molecule has 4 aromatic carbocycles. The first-order chi connectivity index (χ1) is 19.9. The fourth-order valence-corrected chi connectivity index (χ4v) is 5.70. The molecular formula is C36H42N2O2S. The summed E-state index contributed by atoms with van der Waals surface area (Å²) in [5, 5.41) is 1.01. The summed E-state index contributed by atoms with van der Waals surface area (Å²) in [6.45, 7) is 10.4. The lowest BCUT2D eigenvalue weighted by Crippen LogP contribution is -2.28. The highest BCUT2D eigenvalue weighted by molar-refractivity contribution is 8.13. The van der Waals surface area contributed by atoms with Crippen LogP contribution in [0.3, 0.4) is 0 Å². The Balaban J connectivity index is 1.82. The number of nitrogens with zero attached hydrogens (tertiary/aromatic N) is 2. The second kappa shape index (κ2) is 14.8. The molecule has 0 saturated heterocycles. The van der Waals surface area contributed by atoms with Crippen LogP contribution >= 0.6 is 11.8 Å². The molecule has 0 aromatic heterocycles. The van der Waals surface area contributed by atoms with Crippen molar-refractivity contribution in [2.75, 3.05) is 14.2 Å². The number of ether oxygens (including phenoxy) is 2. The molecule has 0 fully saturated rings. The molecule has 0 aliphatic carbocycles. The van der Waals surface area contributed by atoms with Crippen molar-refractivity contribution in [3.63, 3.8) is 0 Å². The van der Waals surface area contributed by atoms with Gasteiger partial charge in [-0.2, -0.15) is 0 Å². The van der Waals surface area contributed by atoms with Gasteiger partial charge in [-0.25, -0.2) is 4.99 Å². The molecule has 4 rings (SSSR count). The molecule has 0 heterocycles. The van der Waals surface area contributed by atoms with Gasteiger partial charge in [0.2, 0.25) is 0 Å². The largest absolute Gasteiger partial charge is 0.497 e. The average molecular weight is 567 g/mol. The van der Waals surface area contributed by atoms with E-state index in [1.54, 1.807) is 26.0 Å². The summed E-state index contributed by atoms with van der Waals surface area (Å²) < 4.78 is 10.8. The molecule has 41 heavy (non-hydrogen) atoms. The first kappa shape index (κ1) is 30.3. The Morgan fingerprint density at radius 2 is 1.12 bits per heavy atom. The number of benzene rings is 4. The van der Waals surface area contributed by atoms with E-state index in [9.17, 15) is 0 Å². The third-order valence-corrected chi connectivity index (χ3v) is 8.18. The van der Waals surface area contributed by atoms with Gasteiger partial charge in [0.15, 0.2) is 5.17 Å². The maximum Gasteiger partial charge on any atom is 0.165 e. The highest BCUT2D eigenvalue weighted by Gasteiger charge is 2.19. The predicted molar refractivity (Wildman–Crippen MR) is 175 cm³/mol. The number of aliphatic imine (C=N–C) groups is 1. The molecule has 0 N–H and O–H groups in total. The summed E-state index contributed by atoms with van der Waals surface area (Å²) >= 11 is 1.80. The van der Waals surface area contributed by atoms with Gasteiger partial charge in [-0.1, -0.05) is 112 Å². The quantitative estimate of drug-likeness (QED) is 0.134. The van der Waals surface area contributed by atoms with Crippen molar-refractivity contribution in [1.29, 1.82) is 0 Å². The van der Waals surface area contributed by atoms with E-state index in [0.29, 0.717) is 11.8 Å². The molecule has 5 heteroatoms. The third-order valence-electron chi connectivity index (χ3n) is 7.10. The molecular weight excluding hydrogens is 524 g/mol. The highest BCUT2D eigenvalue weighted by atomic mass is 32.2. The first-order valence-corrected chi connectivity index (χ1v) is 15.3. The smallest absolute Gasteiger partial charge is 0.165 e. The summed E-state index contributed by atoms with van der Waals surface area (Å²) in [6.07, 6.45) is 0. The van der Waals surface area contributed by atoms with Crippen LogP contribution in [0.4, 0.5) is 5.69 Å². The number of amidine groups is 1. The van der Waals surface area contributed by atoms with Crippen molar-refractivity contribution < 1.29 is 9.47 Å². The Bertz CT molecular complexity index is 1320. The van der Waals surface area contributed by atoms with Crippen LogP contribution in [0.15, 0.2) is 102 Å². The van der Waals surface area contributed by atoms with E-state index in [0.717, 1.165) is 41.2 Å². The van der Waals surface area contributed by atoms with E-state index < -0.39 is 0 Å². The van der Waals surface area contributed by atoms with Crippen molar-refractivity contribution in [2.45, 2.75) is 58.4 Å². The molecule has 4 aromatic rings. The SMILES string of the molecule is COc1ccc(CN(Cc2ccc(OC)cc2)C(=Nc2c(C(C)C)cccc2C(C)C)SCc2ccccc2)cc1. The summed E-state index contributed by atoms with van der Waals surface area (Å²) in [5.41, 5.74) is 7.34. The minimum Gasteiger partial charge on any atom is -0.497 e. The van der Waals surface area contributed by atoms with Crippen LogP contribution in [0.5, 0.6) is 11.5 Å². The van der Waals surface area contributed by atoms with Crippen molar-refractivity contribution in [3.05, 3.63) is 125 Å². The number of para-hydroxylation sites is 1. The Hall–Kier alpha value is -3.70. The number of hydrogen-bond donors (Lipinski definition) is 0. The van der Waals surface area contributed by atoms with Gasteiger partial charge < -0.3 is 14.4 Å². The molecule has 0 spiro atoms. The predicted octanol–water partition coefficient (Wildman–Crippen LogP) is 9.57. The van der Waals surface area contributed by atoms with Crippen molar-refractivity contribution in [3.8, 4) is 11.5 Å². The molecule has 0 aliphatic rings. The van der Waals surface area contributed by atoms with Crippen LogP contribution in [-0.2, 0) is 18.8 Å². The van der Waals surface area contributed by atoms with Crippen LogP contribution in [0.25, 0.3) is 0 Å². The van der Waals surface area contributed by atoms with Crippen LogP contribution in [0.1, 0.15) is 67.3 Å². The maximum atomic E-state index is 5.53. The molecule has 4 nitrogen and oxygen atoms in total. The fourth-order valence-electron chi connectivity index (χ4n) is 4.75. The zero-order valence-corrected chi connectivity index (χ0v) is 25.9. The monoisotopic (exact) mass is 566 g/mol. The Labute approximate surface area is 250 Å². The Morgan fingerprint density at radius 3 is 1.56 bits per heavy atom. The molecule has 214 valence electrons. The van der Waals surface area contributed by atoms with Crippen molar-refractivity contribution in [1.82, 2.24) is 4.90 Å². The lowest BCUT2D eigenvalue weighted by Gasteiger charge is -2.27. The van der Waals surface area contributed by atoms with E-state index in [2.05, 4.69) is 105 Å². The number of rotatable bonds is 11. The topological polar surface area (TPSA) is 34.1 Å². The van der Waals surface area contributed by atoms with E-state index >= 15 is 0 Å². The molecule has 0 aliphatic heterocycles. The number of thioether (sulfide) groups is 1. The fraction of sp³-hybridized carbons (Fsp3) is 0.306. The average Bonchev–Trinajstić information content (AvgIpc) is 3.00. The number of hydrogen-bond acceptors (Lipinski definition) is 4. The van der Waals surface area contributed by atoms with E-state index in [-0.39, 0.29) is 0 Å². The van der Waals surface area contributed by atoms with Crippen LogP contribution in [-0.4, -0.2) is 24.3 Å². The molecule has 0 bridgehead atoms. The van der Waals surface area contributed by atoms with Gasteiger partial charge in [-0.15, -0.1) is 0 Å². The van der Waals surface area contributed by atoms with Crippen molar-refractivity contribution in [2.24, 2.45) is 4.99 Å². The standard InChI is InChI=1S/C36H42N2O2S/c1-26(2)33-13-10-14-34(27(3)4)35(33)37-36(41-25-30-11-8-7-9-12-30)38(23-28-15-19-31(39-5)20-16-28)24-29-17-21-32(40-6)22-18-29/h7-22,26-27H,23-25H2,1-6H3. The summed E-state index contributed by atoms with van der Waals surface area (Å²) in [6, 6.07) is 33.9. The highest BCUT2D eigenvalue weighted by Crippen LogP contribution is 2.36. The molecule has 0 atom stereocenters. The summed E-state index contributed by atoms with van der Waals surface area (Å²) in [7, 11) is 3.41. The van der Waals surface area contributed by atoms with Gasteiger partial charge in [-0.3, -0.25) is 0 Å². The second-order valence-corrected chi connectivity index (χ2v) is 11.8. The third kappa shape index (κ3) is 8.40.